The lowest BCUT2D eigenvalue weighted by Gasteiger charge is -2.37. The second kappa shape index (κ2) is 6.40. The van der Waals surface area contributed by atoms with Crippen molar-refractivity contribution in [2.45, 2.75) is 13.0 Å². The third-order valence-corrected chi connectivity index (χ3v) is 4.15. The average molecular weight is 329 g/mol. The number of nitrogens with one attached hydrogen (secondary N) is 1. The van der Waals surface area contributed by atoms with Gasteiger partial charge < -0.3 is 4.90 Å². The molecule has 1 unspecified atom stereocenters. The molecule has 1 aliphatic rings. The summed E-state index contributed by atoms with van der Waals surface area (Å²) in [5, 5.41) is 0.675. The summed E-state index contributed by atoms with van der Waals surface area (Å²) in [4.78, 5) is 18.4. The maximum atomic E-state index is 11.8. The highest BCUT2D eigenvalue weighted by atomic mass is 35.5. The standard InChI is InChI=1S/C17H17ClN4O/c1-11-20-15-5-3-2-4-14(15)17(22(11)10-16(23)21-19)12-6-8-13(18)9-7-12/h2-9,17H,10,19H2,1H3,(H,21,23). The van der Waals surface area contributed by atoms with Crippen LogP contribution in [0.2, 0.25) is 5.02 Å². The van der Waals surface area contributed by atoms with Gasteiger partial charge in [0, 0.05) is 10.6 Å². The molecule has 3 rings (SSSR count). The van der Waals surface area contributed by atoms with Gasteiger partial charge in [-0.3, -0.25) is 10.2 Å². The van der Waals surface area contributed by atoms with Crippen LogP contribution in [0.5, 0.6) is 0 Å². The van der Waals surface area contributed by atoms with E-state index in [1.807, 2.05) is 60.4 Å². The van der Waals surface area contributed by atoms with E-state index >= 15 is 0 Å². The first-order valence-corrected chi connectivity index (χ1v) is 7.63. The average Bonchev–Trinajstić information content (AvgIpc) is 2.56. The van der Waals surface area contributed by atoms with E-state index in [-0.39, 0.29) is 18.5 Å². The van der Waals surface area contributed by atoms with Gasteiger partial charge in [0.15, 0.2) is 0 Å². The summed E-state index contributed by atoms with van der Waals surface area (Å²) in [6, 6.07) is 15.4. The van der Waals surface area contributed by atoms with E-state index in [0.717, 1.165) is 22.6 Å². The number of aliphatic imine (C=N–C) groups is 1. The Labute approximate surface area is 139 Å². The summed E-state index contributed by atoms with van der Waals surface area (Å²) in [6.45, 7) is 2.02. The molecule has 2 aromatic carbocycles. The fourth-order valence-corrected chi connectivity index (χ4v) is 2.95. The van der Waals surface area contributed by atoms with Crippen LogP contribution in [-0.2, 0) is 4.79 Å². The normalized spacial score (nSPS) is 16.6. The highest BCUT2D eigenvalue weighted by Gasteiger charge is 2.30. The van der Waals surface area contributed by atoms with E-state index in [9.17, 15) is 4.79 Å². The van der Waals surface area contributed by atoms with Gasteiger partial charge >= 0.3 is 0 Å². The topological polar surface area (TPSA) is 70.7 Å². The van der Waals surface area contributed by atoms with Gasteiger partial charge in [-0.25, -0.2) is 10.8 Å². The number of nitrogens with zero attached hydrogens (tertiary/aromatic N) is 2. The molecule has 2 aromatic rings. The minimum Gasteiger partial charge on any atom is -0.340 e. The molecule has 0 fully saturated rings. The minimum absolute atomic E-state index is 0.113. The Morgan fingerprint density at radius 3 is 2.65 bits per heavy atom. The molecular formula is C17H17ClN4O. The number of rotatable bonds is 3. The fourth-order valence-electron chi connectivity index (χ4n) is 2.82. The Bertz CT molecular complexity index is 757. The molecule has 1 heterocycles. The van der Waals surface area contributed by atoms with Crippen molar-refractivity contribution in [1.82, 2.24) is 10.3 Å². The molecule has 23 heavy (non-hydrogen) atoms. The van der Waals surface area contributed by atoms with Gasteiger partial charge in [-0.1, -0.05) is 41.9 Å². The number of carbonyl (C=O) groups excluding carboxylic acids is 1. The predicted molar refractivity (Wildman–Crippen MR) is 91.5 cm³/mol. The molecule has 3 N–H and O–H groups in total. The highest BCUT2D eigenvalue weighted by Crippen LogP contribution is 2.39. The second-order valence-electron chi connectivity index (χ2n) is 5.37. The van der Waals surface area contributed by atoms with Crippen LogP contribution >= 0.6 is 11.6 Å². The summed E-state index contributed by atoms with van der Waals surface area (Å²) in [5.74, 6) is 5.75. The van der Waals surface area contributed by atoms with Crippen LogP contribution in [0.1, 0.15) is 24.1 Å². The molecule has 0 radical (unpaired) electrons. The SMILES string of the molecule is CC1=Nc2ccccc2C(c2ccc(Cl)cc2)N1CC(=O)NN. The largest absolute Gasteiger partial charge is 0.340 e. The van der Waals surface area contributed by atoms with E-state index in [0.29, 0.717) is 5.02 Å². The third kappa shape index (κ3) is 3.06. The first-order valence-electron chi connectivity index (χ1n) is 7.26. The maximum absolute atomic E-state index is 11.8. The lowest BCUT2D eigenvalue weighted by molar-refractivity contribution is -0.121. The Balaban J connectivity index is 2.10. The molecule has 0 spiro atoms. The van der Waals surface area contributed by atoms with Crippen LogP contribution < -0.4 is 11.3 Å². The number of amidine groups is 1. The van der Waals surface area contributed by atoms with Crippen LogP contribution in [0.15, 0.2) is 53.5 Å². The summed E-state index contributed by atoms with van der Waals surface area (Å²) in [6.07, 6.45) is 0. The molecule has 0 aromatic heterocycles. The van der Waals surface area contributed by atoms with E-state index in [1.165, 1.54) is 0 Å². The number of nitrogens with two attached hydrogens (primary N) is 1. The number of hydrogen-bond donors (Lipinski definition) is 2. The first kappa shape index (κ1) is 15.5. The van der Waals surface area contributed by atoms with Crippen molar-refractivity contribution >= 4 is 29.0 Å². The number of carbonyl (C=O) groups is 1. The molecule has 1 aliphatic heterocycles. The van der Waals surface area contributed by atoms with E-state index in [1.54, 1.807) is 0 Å². The molecule has 0 bridgehead atoms. The van der Waals surface area contributed by atoms with Crippen LogP contribution in [0.4, 0.5) is 5.69 Å². The van der Waals surface area contributed by atoms with Crippen molar-refractivity contribution in [2.24, 2.45) is 10.8 Å². The Hall–Kier alpha value is -2.37. The van der Waals surface area contributed by atoms with Crippen molar-refractivity contribution < 1.29 is 4.79 Å². The Morgan fingerprint density at radius 1 is 1.26 bits per heavy atom. The van der Waals surface area contributed by atoms with Gasteiger partial charge in [0.2, 0.25) is 0 Å². The molecule has 118 valence electrons. The molecule has 5 nitrogen and oxygen atoms in total. The number of hydrazine groups is 1. The van der Waals surface area contributed by atoms with Gasteiger partial charge in [-0.05, 0) is 30.7 Å². The molecular weight excluding hydrogens is 312 g/mol. The zero-order chi connectivity index (χ0) is 16.4. The summed E-state index contributed by atoms with van der Waals surface area (Å²) < 4.78 is 0. The van der Waals surface area contributed by atoms with E-state index in [2.05, 4.69) is 10.4 Å². The van der Waals surface area contributed by atoms with Crippen molar-refractivity contribution in [1.29, 1.82) is 0 Å². The zero-order valence-corrected chi connectivity index (χ0v) is 13.4. The number of para-hydroxylation sites is 1. The van der Waals surface area contributed by atoms with Crippen molar-refractivity contribution in [3.63, 3.8) is 0 Å². The van der Waals surface area contributed by atoms with Gasteiger partial charge in [-0.2, -0.15) is 0 Å². The molecule has 0 saturated heterocycles. The minimum atomic E-state index is -0.266. The summed E-state index contributed by atoms with van der Waals surface area (Å²) in [5.41, 5.74) is 5.18. The number of fused-ring (bicyclic) bond motifs is 1. The van der Waals surface area contributed by atoms with E-state index in [4.69, 9.17) is 17.4 Å². The maximum Gasteiger partial charge on any atom is 0.253 e. The fraction of sp³-hybridized carbons (Fsp3) is 0.176. The number of hydrogen-bond acceptors (Lipinski definition) is 4. The van der Waals surface area contributed by atoms with Crippen LogP contribution in [0, 0.1) is 0 Å². The van der Waals surface area contributed by atoms with Crippen LogP contribution in [0.3, 0.4) is 0 Å². The second-order valence-corrected chi connectivity index (χ2v) is 5.80. The van der Waals surface area contributed by atoms with Gasteiger partial charge in [0.25, 0.3) is 5.91 Å². The molecule has 0 saturated carbocycles. The summed E-state index contributed by atoms with van der Waals surface area (Å²) in [7, 11) is 0. The number of amides is 1. The molecule has 0 aliphatic carbocycles. The zero-order valence-electron chi connectivity index (χ0n) is 12.7. The lowest BCUT2D eigenvalue weighted by atomic mass is 9.94. The Kier molecular flexibility index (Phi) is 4.32. The van der Waals surface area contributed by atoms with Crippen molar-refractivity contribution in [3.8, 4) is 0 Å². The number of benzene rings is 2. The van der Waals surface area contributed by atoms with Crippen LogP contribution in [0.25, 0.3) is 0 Å². The van der Waals surface area contributed by atoms with E-state index < -0.39 is 0 Å². The molecule has 1 atom stereocenters. The monoisotopic (exact) mass is 328 g/mol. The van der Waals surface area contributed by atoms with Gasteiger partial charge in [-0.15, -0.1) is 0 Å². The molecule has 1 amide bonds. The smallest absolute Gasteiger partial charge is 0.253 e. The molecule has 6 heteroatoms. The number of halogens is 1. The highest BCUT2D eigenvalue weighted by molar-refractivity contribution is 6.30. The van der Waals surface area contributed by atoms with Crippen LogP contribution in [-0.4, -0.2) is 23.2 Å². The van der Waals surface area contributed by atoms with Gasteiger partial charge in [0.05, 0.1) is 11.7 Å². The lowest BCUT2D eigenvalue weighted by Crippen LogP contribution is -2.45. The first-order chi connectivity index (χ1) is 11.1. The Morgan fingerprint density at radius 2 is 1.96 bits per heavy atom. The third-order valence-electron chi connectivity index (χ3n) is 3.90. The summed E-state index contributed by atoms with van der Waals surface area (Å²) >= 11 is 6.00. The van der Waals surface area contributed by atoms with Gasteiger partial charge in [0.1, 0.15) is 12.4 Å². The predicted octanol–water partition coefficient (Wildman–Crippen LogP) is 2.78. The quantitative estimate of drug-likeness (QED) is 0.517. The van der Waals surface area contributed by atoms with Crippen molar-refractivity contribution in [3.05, 3.63) is 64.7 Å². The van der Waals surface area contributed by atoms with Crippen molar-refractivity contribution in [2.75, 3.05) is 6.54 Å².